The highest BCUT2D eigenvalue weighted by molar-refractivity contribution is 5.92. The van der Waals surface area contributed by atoms with Crippen LogP contribution in [0, 0.1) is 0 Å². The Morgan fingerprint density at radius 1 is 1.19 bits per heavy atom. The molecule has 0 bridgehead atoms. The van der Waals surface area contributed by atoms with Crippen molar-refractivity contribution in [3.63, 3.8) is 0 Å². The first-order valence-corrected chi connectivity index (χ1v) is 7.95. The maximum atomic E-state index is 12.2. The van der Waals surface area contributed by atoms with Gasteiger partial charge in [-0.25, -0.2) is 0 Å². The maximum absolute atomic E-state index is 12.2. The van der Waals surface area contributed by atoms with Crippen LogP contribution in [-0.4, -0.2) is 43.7 Å². The highest BCUT2D eigenvalue weighted by Crippen LogP contribution is 2.22. The van der Waals surface area contributed by atoms with E-state index in [4.69, 9.17) is 4.74 Å². The minimum Gasteiger partial charge on any atom is -0.379 e. The largest absolute Gasteiger partial charge is 0.379 e. The predicted molar refractivity (Wildman–Crippen MR) is 85.7 cm³/mol. The van der Waals surface area contributed by atoms with Crippen molar-refractivity contribution >= 4 is 11.6 Å². The summed E-state index contributed by atoms with van der Waals surface area (Å²) in [6, 6.07) is 6.26. The van der Waals surface area contributed by atoms with Crippen LogP contribution in [0.2, 0.25) is 0 Å². The molecule has 0 aliphatic carbocycles. The molecule has 2 rings (SSSR count). The van der Waals surface area contributed by atoms with E-state index in [1.165, 1.54) is 11.1 Å². The highest BCUT2D eigenvalue weighted by Gasteiger charge is 2.14. The zero-order valence-electron chi connectivity index (χ0n) is 13.2. The molecule has 116 valence electrons. The molecule has 0 saturated carbocycles. The second-order valence-corrected chi connectivity index (χ2v) is 5.41. The molecule has 1 aliphatic rings. The van der Waals surface area contributed by atoms with Crippen LogP contribution in [0.3, 0.4) is 0 Å². The van der Waals surface area contributed by atoms with Gasteiger partial charge < -0.3 is 10.1 Å². The Bertz CT molecular complexity index is 446. The molecule has 21 heavy (non-hydrogen) atoms. The summed E-state index contributed by atoms with van der Waals surface area (Å²) in [5, 5.41) is 3.12. The van der Waals surface area contributed by atoms with Gasteiger partial charge in [0.25, 0.3) is 0 Å². The molecule has 0 atom stereocenters. The van der Waals surface area contributed by atoms with Crippen molar-refractivity contribution in [2.45, 2.75) is 33.1 Å². The second kappa shape index (κ2) is 8.15. The van der Waals surface area contributed by atoms with Crippen molar-refractivity contribution in [3.05, 3.63) is 29.3 Å². The number of para-hydroxylation sites is 1. The third kappa shape index (κ3) is 4.55. The molecule has 0 aromatic heterocycles. The van der Waals surface area contributed by atoms with Crippen LogP contribution in [0.5, 0.6) is 0 Å². The summed E-state index contributed by atoms with van der Waals surface area (Å²) in [6.45, 7) is 8.47. The first kappa shape index (κ1) is 16.0. The van der Waals surface area contributed by atoms with Gasteiger partial charge in [0.05, 0.1) is 13.2 Å². The summed E-state index contributed by atoms with van der Waals surface area (Å²) in [6.07, 6.45) is 2.42. The Hall–Kier alpha value is -1.39. The summed E-state index contributed by atoms with van der Waals surface area (Å²) in [4.78, 5) is 14.5. The zero-order chi connectivity index (χ0) is 15.1. The Kier molecular flexibility index (Phi) is 6.21. The average molecular weight is 290 g/mol. The lowest BCUT2D eigenvalue weighted by molar-refractivity contribution is -0.116. The van der Waals surface area contributed by atoms with Gasteiger partial charge in [-0.1, -0.05) is 32.0 Å². The van der Waals surface area contributed by atoms with E-state index in [9.17, 15) is 4.79 Å². The number of ether oxygens (including phenoxy) is 1. The molecule has 4 nitrogen and oxygen atoms in total. The van der Waals surface area contributed by atoms with Crippen LogP contribution in [0.25, 0.3) is 0 Å². The van der Waals surface area contributed by atoms with Crippen molar-refractivity contribution in [1.82, 2.24) is 4.90 Å². The van der Waals surface area contributed by atoms with Gasteiger partial charge in [0, 0.05) is 31.7 Å². The van der Waals surface area contributed by atoms with Gasteiger partial charge in [0.1, 0.15) is 0 Å². The SMILES string of the molecule is CCc1cccc(CC)c1NC(=O)CCN1CCOCC1. The number of carbonyl (C=O) groups is 1. The summed E-state index contributed by atoms with van der Waals surface area (Å²) in [7, 11) is 0. The molecule has 0 spiro atoms. The molecule has 1 fully saturated rings. The first-order chi connectivity index (χ1) is 10.2. The number of morpholine rings is 1. The Balaban J connectivity index is 1.92. The van der Waals surface area contributed by atoms with Crippen LogP contribution in [0.15, 0.2) is 18.2 Å². The van der Waals surface area contributed by atoms with E-state index >= 15 is 0 Å². The van der Waals surface area contributed by atoms with Crippen LogP contribution in [-0.2, 0) is 22.4 Å². The molecule has 1 heterocycles. The molecular formula is C17H26N2O2. The molecule has 4 heteroatoms. The third-order valence-corrected chi connectivity index (χ3v) is 4.02. The van der Waals surface area contributed by atoms with E-state index in [2.05, 4.69) is 42.3 Å². The van der Waals surface area contributed by atoms with Gasteiger partial charge in [-0.3, -0.25) is 9.69 Å². The predicted octanol–water partition coefficient (Wildman–Crippen LogP) is 2.47. The monoisotopic (exact) mass is 290 g/mol. The molecule has 1 amide bonds. The fourth-order valence-corrected chi connectivity index (χ4v) is 2.69. The van der Waals surface area contributed by atoms with E-state index in [1.807, 2.05) is 0 Å². The van der Waals surface area contributed by atoms with Crippen molar-refractivity contribution in [2.75, 3.05) is 38.2 Å². The number of rotatable bonds is 6. The van der Waals surface area contributed by atoms with E-state index in [-0.39, 0.29) is 5.91 Å². The van der Waals surface area contributed by atoms with Gasteiger partial charge in [-0.05, 0) is 24.0 Å². The quantitative estimate of drug-likeness (QED) is 0.875. The lowest BCUT2D eigenvalue weighted by Crippen LogP contribution is -2.38. The minimum atomic E-state index is 0.108. The number of anilines is 1. The van der Waals surface area contributed by atoms with Crippen molar-refractivity contribution in [1.29, 1.82) is 0 Å². The first-order valence-electron chi connectivity index (χ1n) is 7.95. The molecule has 0 radical (unpaired) electrons. The number of hydrogen-bond donors (Lipinski definition) is 1. The Morgan fingerprint density at radius 3 is 2.38 bits per heavy atom. The van der Waals surface area contributed by atoms with Gasteiger partial charge in [-0.15, -0.1) is 0 Å². The van der Waals surface area contributed by atoms with Crippen molar-refractivity contribution < 1.29 is 9.53 Å². The van der Waals surface area contributed by atoms with Crippen LogP contribution in [0.4, 0.5) is 5.69 Å². The van der Waals surface area contributed by atoms with Gasteiger partial charge in [0.15, 0.2) is 0 Å². The molecule has 1 aromatic rings. The number of benzene rings is 1. The van der Waals surface area contributed by atoms with Crippen LogP contribution in [0.1, 0.15) is 31.4 Å². The molecule has 1 saturated heterocycles. The normalized spacial score (nSPS) is 15.9. The Labute approximate surface area is 127 Å². The topological polar surface area (TPSA) is 41.6 Å². The van der Waals surface area contributed by atoms with E-state index in [0.29, 0.717) is 6.42 Å². The number of amides is 1. The van der Waals surface area contributed by atoms with Gasteiger partial charge in [0.2, 0.25) is 5.91 Å². The van der Waals surface area contributed by atoms with Gasteiger partial charge in [-0.2, -0.15) is 0 Å². The Morgan fingerprint density at radius 2 is 1.81 bits per heavy atom. The zero-order valence-corrected chi connectivity index (χ0v) is 13.2. The summed E-state index contributed by atoms with van der Waals surface area (Å²) < 4.78 is 5.32. The number of nitrogens with one attached hydrogen (secondary N) is 1. The molecule has 1 aromatic carbocycles. The highest BCUT2D eigenvalue weighted by atomic mass is 16.5. The fraction of sp³-hybridized carbons (Fsp3) is 0.588. The lowest BCUT2D eigenvalue weighted by Gasteiger charge is -2.26. The van der Waals surface area contributed by atoms with Crippen molar-refractivity contribution in [3.8, 4) is 0 Å². The summed E-state index contributed by atoms with van der Waals surface area (Å²) >= 11 is 0. The molecular weight excluding hydrogens is 264 g/mol. The minimum absolute atomic E-state index is 0.108. The standard InChI is InChI=1S/C17H26N2O2/c1-3-14-6-5-7-15(4-2)17(14)18-16(20)8-9-19-10-12-21-13-11-19/h5-7H,3-4,8-13H2,1-2H3,(H,18,20). The number of hydrogen-bond acceptors (Lipinski definition) is 3. The number of aryl methyl sites for hydroxylation is 2. The molecule has 0 unspecified atom stereocenters. The van der Waals surface area contributed by atoms with Crippen molar-refractivity contribution in [2.24, 2.45) is 0 Å². The lowest BCUT2D eigenvalue weighted by atomic mass is 10.0. The van der Waals surface area contributed by atoms with Crippen LogP contribution >= 0.6 is 0 Å². The van der Waals surface area contributed by atoms with Crippen LogP contribution < -0.4 is 5.32 Å². The van der Waals surface area contributed by atoms with E-state index in [1.54, 1.807) is 0 Å². The van der Waals surface area contributed by atoms with Gasteiger partial charge >= 0.3 is 0 Å². The summed E-state index contributed by atoms with van der Waals surface area (Å²) in [5.74, 6) is 0.108. The number of carbonyl (C=O) groups excluding carboxylic acids is 1. The van der Waals surface area contributed by atoms with E-state index < -0.39 is 0 Å². The second-order valence-electron chi connectivity index (χ2n) is 5.41. The number of nitrogens with zero attached hydrogens (tertiary/aromatic N) is 1. The van der Waals surface area contributed by atoms with E-state index in [0.717, 1.165) is 51.4 Å². The average Bonchev–Trinajstić information content (AvgIpc) is 2.54. The molecule has 1 N–H and O–H groups in total. The third-order valence-electron chi connectivity index (χ3n) is 4.02. The smallest absolute Gasteiger partial charge is 0.225 e. The fourth-order valence-electron chi connectivity index (χ4n) is 2.69. The summed E-state index contributed by atoms with van der Waals surface area (Å²) in [5.41, 5.74) is 3.46. The maximum Gasteiger partial charge on any atom is 0.225 e. The molecule has 1 aliphatic heterocycles.